The summed E-state index contributed by atoms with van der Waals surface area (Å²) in [6, 6.07) is 11.5. The van der Waals surface area contributed by atoms with E-state index < -0.39 is 0 Å². The molecule has 2 N–H and O–H groups in total. The summed E-state index contributed by atoms with van der Waals surface area (Å²) in [5.74, 6) is 0.628. The molecule has 6 aromatic heterocycles. The molecule has 6 heterocycles. The predicted molar refractivity (Wildman–Crippen MR) is 108 cm³/mol. The van der Waals surface area contributed by atoms with Crippen LogP contribution in [0, 0.1) is 0 Å². The Balaban J connectivity index is 1.53. The highest BCUT2D eigenvalue weighted by atomic mass is 16.3. The first-order valence-electron chi connectivity index (χ1n) is 9.00. The van der Waals surface area contributed by atoms with E-state index in [1.807, 2.05) is 36.4 Å². The molecule has 0 aromatic carbocycles. The number of nitrogens with one attached hydrogen (secondary N) is 2. The normalized spacial score (nSPS) is 11.4. The van der Waals surface area contributed by atoms with E-state index in [-0.39, 0.29) is 0 Å². The lowest BCUT2D eigenvalue weighted by Gasteiger charge is -2.00. The molecule has 8 heteroatoms. The van der Waals surface area contributed by atoms with Crippen LogP contribution in [-0.2, 0) is 0 Å². The molecule has 0 saturated carbocycles. The molecule has 0 unspecified atom stereocenters. The first-order chi connectivity index (χ1) is 14.4. The van der Waals surface area contributed by atoms with Gasteiger partial charge in [0.1, 0.15) is 16.7 Å². The molecule has 6 rings (SSSR count). The Bertz CT molecular complexity index is 1450. The molecular formula is C21H13N7O. The molecule has 0 radical (unpaired) electrons. The number of nitrogens with zero attached hydrogens (tertiary/aromatic N) is 5. The molecule has 6 aromatic rings. The molecule has 0 fully saturated rings. The number of furan rings is 1. The third-order valence-electron chi connectivity index (χ3n) is 4.80. The number of pyridine rings is 3. The van der Waals surface area contributed by atoms with Crippen LogP contribution in [0.15, 0.2) is 71.9 Å². The van der Waals surface area contributed by atoms with Crippen LogP contribution in [-0.4, -0.2) is 35.1 Å². The van der Waals surface area contributed by atoms with Crippen molar-refractivity contribution in [3.05, 3.63) is 67.5 Å². The third-order valence-corrected chi connectivity index (χ3v) is 4.80. The predicted octanol–water partition coefficient (Wildman–Crippen LogP) is 4.22. The number of rotatable bonds is 3. The van der Waals surface area contributed by atoms with Crippen molar-refractivity contribution in [2.75, 3.05) is 0 Å². The number of aromatic amines is 2. The molecule has 0 saturated heterocycles. The van der Waals surface area contributed by atoms with E-state index in [4.69, 9.17) is 14.4 Å². The van der Waals surface area contributed by atoms with Gasteiger partial charge in [-0.1, -0.05) is 0 Å². The van der Waals surface area contributed by atoms with Crippen LogP contribution >= 0.6 is 0 Å². The highest BCUT2D eigenvalue weighted by molar-refractivity contribution is 5.94. The van der Waals surface area contributed by atoms with Gasteiger partial charge in [0, 0.05) is 29.7 Å². The van der Waals surface area contributed by atoms with Gasteiger partial charge in [0.2, 0.25) is 0 Å². The van der Waals surface area contributed by atoms with Crippen molar-refractivity contribution in [1.82, 2.24) is 35.1 Å². The van der Waals surface area contributed by atoms with Crippen LogP contribution in [0.2, 0.25) is 0 Å². The van der Waals surface area contributed by atoms with Crippen LogP contribution < -0.4 is 0 Å². The largest absolute Gasteiger partial charge is 0.472 e. The Morgan fingerprint density at radius 2 is 1.66 bits per heavy atom. The monoisotopic (exact) mass is 379 g/mol. The Labute approximate surface area is 163 Å². The lowest BCUT2D eigenvalue weighted by Crippen LogP contribution is -1.87. The number of hydrogen-bond acceptors (Lipinski definition) is 6. The van der Waals surface area contributed by atoms with Gasteiger partial charge in [0.25, 0.3) is 0 Å². The lowest BCUT2D eigenvalue weighted by molar-refractivity contribution is 0.568. The quantitative estimate of drug-likeness (QED) is 0.476. The van der Waals surface area contributed by atoms with E-state index in [2.05, 4.69) is 25.1 Å². The Morgan fingerprint density at radius 1 is 0.759 bits per heavy atom. The molecular weight excluding hydrogens is 366 g/mol. The van der Waals surface area contributed by atoms with Gasteiger partial charge in [-0.25, -0.2) is 9.97 Å². The van der Waals surface area contributed by atoms with E-state index >= 15 is 0 Å². The number of H-pyrrole nitrogens is 2. The minimum atomic E-state index is 0.628. The Hall–Kier alpha value is -4.33. The van der Waals surface area contributed by atoms with Crippen LogP contribution in [0.25, 0.3) is 56.1 Å². The van der Waals surface area contributed by atoms with Crippen molar-refractivity contribution in [2.45, 2.75) is 0 Å². The zero-order valence-electron chi connectivity index (χ0n) is 15.0. The summed E-state index contributed by atoms with van der Waals surface area (Å²) < 4.78 is 5.20. The van der Waals surface area contributed by atoms with Crippen LogP contribution in [0.3, 0.4) is 0 Å². The molecule has 0 bridgehead atoms. The maximum absolute atomic E-state index is 5.20. The summed E-state index contributed by atoms with van der Waals surface area (Å²) >= 11 is 0. The van der Waals surface area contributed by atoms with E-state index in [0.29, 0.717) is 11.5 Å². The number of imidazole rings is 1. The minimum absolute atomic E-state index is 0.628. The first-order valence-corrected chi connectivity index (χ1v) is 9.00. The van der Waals surface area contributed by atoms with Crippen LogP contribution in [0.5, 0.6) is 0 Å². The van der Waals surface area contributed by atoms with Crippen molar-refractivity contribution in [3.63, 3.8) is 0 Å². The number of fused-ring (bicyclic) bond motifs is 2. The maximum atomic E-state index is 5.20. The zero-order chi connectivity index (χ0) is 19.2. The molecule has 0 aliphatic heterocycles. The summed E-state index contributed by atoms with van der Waals surface area (Å²) in [6.45, 7) is 0. The second-order valence-electron chi connectivity index (χ2n) is 6.55. The van der Waals surface area contributed by atoms with E-state index in [0.717, 1.165) is 44.6 Å². The van der Waals surface area contributed by atoms with Crippen molar-refractivity contribution >= 4 is 22.1 Å². The molecule has 29 heavy (non-hydrogen) atoms. The van der Waals surface area contributed by atoms with Gasteiger partial charge in [0.15, 0.2) is 11.5 Å². The van der Waals surface area contributed by atoms with Gasteiger partial charge in [-0.3, -0.25) is 15.1 Å². The molecule has 8 nitrogen and oxygen atoms in total. The number of hydrogen-bond donors (Lipinski definition) is 2. The summed E-state index contributed by atoms with van der Waals surface area (Å²) in [7, 11) is 0. The fourth-order valence-corrected chi connectivity index (χ4v) is 3.41. The Morgan fingerprint density at radius 3 is 2.52 bits per heavy atom. The van der Waals surface area contributed by atoms with Gasteiger partial charge in [-0.05, 0) is 36.4 Å². The highest BCUT2D eigenvalue weighted by Crippen LogP contribution is 2.30. The van der Waals surface area contributed by atoms with Crippen molar-refractivity contribution in [1.29, 1.82) is 0 Å². The van der Waals surface area contributed by atoms with Crippen LogP contribution in [0.1, 0.15) is 0 Å². The zero-order valence-corrected chi connectivity index (χ0v) is 15.0. The van der Waals surface area contributed by atoms with Gasteiger partial charge < -0.3 is 9.40 Å². The highest BCUT2D eigenvalue weighted by Gasteiger charge is 2.17. The van der Waals surface area contributed by atoms with Gasteiger partial charge >= 0.3 is 0 Å². The van der Waals surface area contributed by atoms with Crippen LogP contribution in [0.4, 0.5) is 0 Å². The van der Waals surface area contributed by atoms with Crippen molar-refractivity contribution < 1.29 is 4.42 Å². The van der Waals surface area contributed by atoms with Gasteiger partial charge in [-0.2, -0.15) is 5.10 Å². The summed E-state index contributed by atoms with van der Waals surface area (Å²) in [5, 5.41) is 7.49. The van der Waals surface area contributed by atoms with E-state index in [1.54, 1.807) is 31.1 Å². The molecule has 0 atom stereocenters. The second kappa shape index (κ2) is 6.10. The minimum Gasteiger partial charge on any atom is -0.472 e. The van der Waals surface area contributed by atoms with Gasteiger partial charge in [-0.15, -0.1) is 0 Å². The van der Waals surface area contributed by atoms with Crippen molar-refractivity contribution in [3.8, 4) is 34.0 Å². The molecule has 0 amide bonds. The van der Waals surface area contributed by atoms with E-state index in [1.165, 1.54) is 0 Å². The Kier molecular flexibility index (Phi) is 3.30. The maximum Gasteiger partial charge on any atom is 0.161 e. The molecule has 138 valence electrons. The average Bonchev–Trinajstić information content (AvgIpc) is 3.52. The topological polar surface area (TPSA) is 109 Å². The SMILES string of the molecule is c1cc(-c2ccc3[nH]nc(-c4nc5c(-c6ccoc6)nccc5[nH]4)c3n2)ccn1. The fraction of sp³-hybridized carbons (Fsp3) is 0. The summed E-state index contributed by atoms with van der Waals surface area (Å²) in [6.07, 6.45) is 8.52. The summed E-state index contributed by atoms with van der Waals surface area (Å²) in [5.41, 5.74) is 7.33. The standard InChI is InChI=1S/C21H13N7O/c1-2-16-19(24-14(1)12-3-7-22-8-4-12)20(28-27-16)21-25-15-5-9-23-17(18(15)26-21)13-6-10-29-11-13/h1-11H,(H,25,26)(H,27,28). The lowest BCUT2D eigenvalue weighted by atomic mass is 10.1. The summed E-state index contributed by atoms with van der Waals surface area (Å²) in [4.78, 5) is 21.5. The second-order valence-corrected chi connectivity index (χ2v) is 6.55. The average molecular weight is 379 g/mol. The number of aromatic nitrogens is 7. The van der Waals surface area contributed by atoms with Crippen molar-refractivity contribution in [2.24, 2.45) is 0 Å². The third kappa shape index (κ3) is 2.50. The molecule has 0 aliphatic carbocycles. The molecule has 0 spiro atoms. The molecule has 0 aliphatic rings. The smallest absolute Gasteiger partial charge is 0.161 e. The van der Waals surface area contributed by atoms with E-state index in [9.17, 15) is 0 Å². The fourth-order valence-electron chi connectivity index (χ4n) is 3.41. The van der Waals surface area contributed by atoms with Gasteiger partial charge in [0.05, 0.1) is 29.3 Å². The first kappa shape index (κ1) is 15.7.